The van der Waals surface area contributed by atoms with Crippen molar-refractivity contribution in [2.45, 2.75) is 0 Å². The molecule has 0 aliphatic heterocycles. The number of nitrogens with zero attached hydrogens (tertiary/aromatic N) is 3. The van der Waals surface area contributed by atoms with Gasteiger partial charge in [-0.2, -0.15) is 9.61 Å². The van der Waals surface area contributed by atoms with Crippen molar-refractivity contribution < 1.29 is 4.74 Å². The van der Waals surface area contributed by atoms with Gasteiger partial charge < -0.3 is 10.5 Å². The second kappa shape index (κ2) is 4.39. The van der Waals surface area contributed by atoms with E-state index in [-0.39, 0.29) is 5.88 Å². The first-order valence-electron chi connectivity index (χ1n) is 5.31. The van der Waals surface area contributed by atoms with Crippen LogP contribution in [0.25, 0.3) is 5.65 Å². The number of anilines is 1. The number of hydrogen-bond donors (Lipinski definition) is 2. The van der Waals surface area contributed by atoms with E-state index in [1.807, 2.05) is 0 Å². The molecule has 2 heterocycles. The molecule has 8 heteroatoms. The highest BCUT2D eigenvalue weighted by Crippen LogP contribution is 2.28. The monoisotopic (exact) mass is 321 g/mol. The van der Waals surface area contributed by atoms with Crippen molar-refractivity contribution in [1.82, 2.24) is 19.8 Å². The Morgan fingerprint density at radius 1 is 1.32 bits per heavy atom. The topological polar surface area (TPSA) is 98.3 Å². The van der Waals surface area contributed by atoms with E-state index in [2.05, 4.69) is 31.2 Å². The second-order valence-electron chi connectivity index (χ2n) is 3.75. The summed E-state index contributed by atoms with van der Waals surface area (Å²) in [5, 5.41) is 10.1. The summed E-state index contributed by atoms with van der Waals surface area (Å²) in [6, 6.07) is 8.46. The molecule has 0 aliphatic rings. The highest BCUT2D eigenvalue weighted by molar-refractivity contribution is 9.10. The molecule has 0 radical (unpaired) electrons. The Labute approximate surface area is 115 Å². The number of rotatable bonds is 2. The van der Waals surface area contributed by atoms with Crippen molar-refractivity contribution in [1.29, 1.82) is 0 Å². The molecular formula is C11H8BrN5O2. The van der Waals surface area contributed by atoms with Crippen LogP contribution in [-0.4, -0.2) is 19.8 Å². The van der Waals surface area contributed by atoms with Gasteiger partial charge in [0.1, 0.15) is 0 Å². The SMILES string of the molecule is Nc1cc(Br)ccc1Oc1ccc2n[nH]c(=O)n2n1. The van der Waals surface area contributed by atoms with E-state index in [1.54, 1.807) is 30.3 Å². The zero-order valence-corrected chi connectivity index (χ0v) is 11.1. The fourth-order valence-corrected chi connectivity index (χ4v) is 1.94. The predicted octanol–water partition coefficient (Wildman–Crippen LogP) is 1.55. The smallest absolute Gasteiger partial charge is 0.364 e. The summed E-state index contributed by atoms with van der Waals surface area (Å²) < 4.78 is 7.51. The van der Waals surface area contributed by atoms with Gasteiger partial charge in [0.25, 0.3) is 0 Å². The summed E-state index contributed by atoms with van der Waals surface area (Å²) in [7, 11) is 0. The van der Waals surface area contributed by atoms with Gasteiger partial charge in [-0.25, -0.2) is 9.89 Å². The highest BCUT2D eigenvalue weighted by Gasteiger charge is 2.07. The average molecular weight is 322 g/mol. The van der Waals surface area contributed by atoms with Crippen LogP contribution < -0.4 is 16.2 Å². The van der Waals surface area contributed by atoms with Crippen molar-refractivity contribution >= 4 is 27.3 Å². The van der Waals surface area contributed by atoms with Crippen molar-refractivity contribution in [2.24, 2.45) is 0 Å². The zero-order chi connectivity index (χ0) is 13.4. The second-order valence-corrected chi connectivity index (χ2v) is 4.67. The summed E-state index contributed by atoms with van der Waals surface area (Å²) in [6.45, 7) is 0. The van der Waals surface area contributed by atoms with Crippen LogP contribution in [0.1, 0.15) is 0 Å². The molecule has 3 rings (SSSR count). The van der Waals surface area contributed by atoms with E-state index < -0.39 is 5.69 Å². The molecule has 0 atom stereocenters. The van der Waals surface area contributed by atoms with Crippen molar-refractivity contribution in [2.75, 3.05) is 5.73 Å². The van der Waals surface area contributed by atoms with Crippen molar-refractivity contribution in [3.63, 3.8) is 0 Å². The molecule has 1 aromatic carbocycles. The fourth-order valence-electron chi connectivity index (χ4n) is 1.57. The Morgan fingerprint density at radius 2 is 2.16 bits per heavy atom. The molecule has 0 saturated heterocycles. The molecule has 0 aliphatic carbocycles. The Hall–Kier alpha value is -2.35. The number of halogens is 1. The lowest BCUT2D eigenvalue weighted by Crippen LogP contribution is -2.12. The number of nitrogens with one attached hydrogen (secondary N) is 1. The normalized spacial score (nSPS) is 10.8. The first-order chi connectivity index (χ1) is 9.13. The van der Waals surface area contributed by atoms with Gasteiger partial charge >= 0.3 is 5.69 Å². The number of ether oxygens (including phenoxy) is 1. The van der Waals surface area contributed by atoms with Gasteiger partial charge in [0.2, 0.25) is 5.88 Å². The number of hydrogen-bond acceptors (Lipinski definition) is 5. The number of nitrogen functional groups attached to an aromatic ring is 1. The van der Waals surface area contributed by atoms with E-state index in [0.717, 1.165) is 8.99 Å². The zero-order valence-electron chi connectivity index (χ0n) is 9.50. The van der Waals surface area contributed by atoms with Crippen molar-refractivity contribution in [3.05, 3.63) is 45.3 Å². The Morgan fingerprint density at radius 3 is 2.95 bits per heavy atom. The summed E-state index contributed by atoms with van der Waals surface area (Å²) in [4.78, 5) is 11.4. The van der Waals surface area contributed by atoms with Gasteiger partial charge in [0.05, 0.1) is 5.69 Å². The average Bonchev–Trinajstić information content (AvgIpc) is 2.75. The van der Waals surface area contributed by atoms with Crippen LogP contribution in [0.3, 0.4) is 0 Å². The lowest BCUT2D eigenvalue weighted by Gasteiger charge is -2.07. The molecule has 19 heavy (non-hydrogen) atoms. The van der Waals surface area contributed by atoms with E-state index in [9.17, 15) is 4.79 Å². The van der Waals surface area contributed by atoms with Gasteiger partial charge in [0.15, 0.2) is 11.4 Å². The van der Waals surface area contributed by atoms with E-state index in [0.29, 0.717) is 17.1 Å². The molecule has 3 N–H and O–H groups in total. The maximum absolute atomic E-state index is 11.4. The first-order valence-corrected chi connectivity index (χ1v) is 6.10. The van der Waals surface area contributed by atoms with E-state index >= 15 is 0 Å². The molecule has 3 aromatic rings. The minimum Gasteiger partial charge on any atom is -0.435 e. The largest absolute Gasteiger partial charge is 0.435 e. The summed E-state index contributed by atoms with van der Waals surface area (Å²) in [5.74, 6) is 0.719. The summed E-state index contributed by atoms with van der Waals surface area (Å²) in [5.41, 5.74) is 6.28. The number of H-pyrrole nitrogens is 1. The van der Waals surface area contributed by atoms with Crippen LogP contribution in [0.15, 0.2) is 39.6 Å². The molecule has 0 unspecified atom stereocenters. The number of nitrogens with two attached hydrogens (primary N) is 1. The highest BCUT2D eigenvalue weighted by atomic mass is 79.9. The molecule has 0 fully saturated rings. The fraction of sp³-hybridized carbons (Fsp3) is 0. The Balaban J connectivity index is 2.00. The number of fused-ring (bicyclic) bond motifs is 1. The maximum atomic E-state index is 11.4. The maximum Gasteiger partial charge on any atom is 0.364 e. The molecule has 7 nitrogen and oxygen atoms in total. The third-order valence-corrected chi connectivity index (χ3v) is 2.93. The van der Waals surface area contributed by atoms with E-state index in [4.69, 9.17) is 10.5 Å². The van der Waals surface area contributed by atoms with Gasteiger partial charge in [-0.15, -0.1) is 5.10 Å². The predicted molar refractivity (Wildman–Crippen MR) is 72.2 cm³/mol. The van der Waals surface area contributed by atoms with Crippen LogP contribution in [-0.2, 0) is 0 Å². The summed E-state index contributed by atoms with van der Waals surface area (Å²) in [6.07, 6.45) is 0. The molecule has 2 aromatic heterocycles. The Bertz CT molecular complexity index is 810. The lowest BCUT2D eigenvalue weighted by atomic mass is 10.3. The third kappa shape index (κ3) is 2.17. The van der Waals surface area contributed by atoms with Gasteiger partial charge in [-0.3, -0.25) is 0 Å². The van der Waals surface area contributed by atoms with Gasteiger partial charge in [-0.1, -0.05) is 15.9 Å². The molecule has 0 spiro atoms. The molecular weight excluding hydrogens is 314 g/mol. The standard InChI is InChI=1S/C11H8BrN5O2/c12-6-1-2-8(7(13)5-6)19-10-4-3-9-14-15-11(18)17(9)16-10/h1-5H,13H2,(H,15,18). The van der Waals surface area contributed by atoms with Crippen molar-refractivity contribution in [3.8, 4) is 11.6 Å². The lowest BCUT2D eigenvalue weighted by molar-refractivity contribution is 0.453. The van der Waals surface area contributed by atoms with Crippen LogP contribution in [0.5, 0.6) is 11.6 Å². The minimum atomic E-state index is -0.427. The molecule has 96 valence electrons. The molecule has 0 amide bonds. The molecule has 0 saturated carbocycles. The third-order valence-electron chi connectivity index (χ3n) is 2.44. The Kier molecular flexibility index (Phi) is 2.71. The van der Waals surface area contributed by atoms with Crippen LogP contribution in [0.2, 0.25) is 0 Å². The number of benzene rings is 1. The van der Waals surface area contributed by atoms with Gasteiger partial charge in [-0.05, 0) is 24.3 Å². The van der Waals surface area contributed by atoms with Crippen LogP contribution in [0.4, 0.5) is 5.69 Å². The first kappa shape index (κ1) is 11.7. The van der Waals surface area contributed by atoms with Crippen LogP contribution >= 0.6 is 15.9 Å². The number of aromatic amines is 1. The van der Waals surface area contributed by atoms with Gasteiger partial charge in [0, 0.05) is 10.5 Å². The summed E-state index contributed by atoms with van der Waals surface area (Å²) >= 11 is 3.31. The quantitative estimate of drug-likeness (QED) is 0.698. The molecule has 0 bridgehead atoms. The number of aromatic nitrogens is 4. The van der Waals surface area contributed by atoms with E-state index in [1.165, 1.54) is 0 Å². The van der Waals surface area contributed by atoms with Crippen LogP contribution in [0, 0.1) is 0 Å². The minimum absolute atomic E-state index is 0.255.